The Kier molecular flexibility index (Phi) is 3.31. The lowest BCUT2D eigenvalue weighted by atomic mass is 10.1. The van der Waals surface area contributed by atoms with E-state index in [0.717, 1.165) is 18.4 Å². The third kappa shape index (κ3) is 2.99. The average molecular weight is 221 g/mol. The van der Waals surface area contributed by atoms with Crippen LogP contribution >= 0.6 is 11.8 Å². The van der Waals surface area contributed by atoms with E-state index in [1.54, 1.807) is 11.8 Å². The van der Waals surface area contributed by atoms with Gasteiger partial charge in [0.25, 0.3) is 0 Å². The summed E-state index contributed by atoms with van der Waals surface area (Å²) in [7, 11) is 0. The number of nitrogens with one attached hydrogen (secondary N) is 1. The van der Waals surface area contributed by atoms with E-state index >= 15 is 0 Å². The van der Waals surface area contributed by atoms with E-state index in [1.165, 1.54) is 4.90 Å². The van der Waals surface area contributed by atoms with Crippen LogP contribution in [0.5, 0.6) is 0 Å². The van der Waals surface area contributed by atoms with Gasteiger partial charge in [0.05, 0.1) is 6.42 Å². The molecule has 1 aromatic carbocycles. The summed E-state index contributed by atoms with van der Waals surface area (Å²) in [6.45, 7) is 0. The monoisotopic (exact) mass is 221 g/mol. The van der Waals surface area contributed by atoms with E-state index in [4.69, 9.17) is 0 Å². The molecule has 1 aromatic rings. The second kappa shape index (κ2) is 4.71. The molecule has 1 aliphatic rings. The first kappa shape index (κ1) is 10.6. The summed E-state index contributed by atoms with van der Waals surface area (Å²) in [5.74, 6) is 0.152. The topological polar surface area (TPSA) is 29.1 Å². The molecule has 15 heavy (non-hydrogen) atoms. The van der Waals surface area contributed by atoms with Gasteiger partial charge >= 0.3 is 0 Å². The summed E-state index contributed by atoms with van der Waals surface area (Å²) in [5, 5.41) is 3.01. The van der Waals surface area contributed by atoms with Crippen LogP contribution < -0.4 is 5.32 Å². The Morgan fingerprint density at radius 3 is 2.87 bits per heavy atom. The Morgan fingerprint density at radius 2 is 2.20 bits per heavy atom. The molecule has 0 saturated heterocycles. The zero-order valence-electron chi connectivity index (χ0n) is 8.82. The Morgan fingerprint density at radius 1 is 1.47 bits per heavy atom. The van der Waals surface area contributed by atoms with Gasteiger partial charge in [-0.25, -0.2) is 0 Å². The standard InChI is InChI=1S/C12H15NOS/c1-15-11-5-3-2-4-9(11)8-12(14)13-10-6-7-10/h2-5,10H,6-8H2,1H3,(H,13,14). The van der Waals surface area contributed by atoms with Gasteiger partial charge in [-0.3, -0.25) is 4.79 Å². The molecule has 0 aliphatic heterocycles. The van der Waals surface area contributed by atoms with Crippen molar-refractivity contribution in [3.63, 3.8) is 0 Å². The van der Waals surface area contributed by atoms with Gasteiger partial charge in [-0.05, 0) is 30.7 Å². The van der Waals surface area contributed by atoms with Crippen molar-refractivity contribution < 1.29 is 4.79 Å². The lowest BCUT2D eigenvalue weighted by molar-refractivity contribution is -0.120. The molecule has 2 rings (SSSR count). The molecule has 1 saturated carbocycles. The molecular weight excluding hydrogens is 206 g/mol. The van der Waals surface area contributed by atoms with Gasteiger partial charge in [-0.15, -0.1) is 11.8 Å². The lowest BCUT2D eigenvalue weighted by Gasteiger charge is -2.07. The highest BCUT2D eigenvalue weighted by Crippen LogP contribution is 2.22. The second-order valence-corrected chi connectivity index (χ2v) is 4.68. The van der Waals surface area contributed by atoms with Crippen LogP contribution in [-0.4, -0.2) is 18.2 Å². The van der Waals surface area contributed by atoms with Crippen molar-refractivity contribution in [2.75, 3.05) is 6.26 Å². The summed E-state index contributed by atoms with van der Waals surface area (Å²) in [4.78, 5) is 12.8. The highest BCUT2D eigenvalue weighted by atomic mass is 32.2. The Labute approximate surface area is 94.4 Å². The maximum Gasteiger partial charge on any atom is 0.224 e. The van der Waals surface area contributed by atoms with Crippen molar-refractivity contribution in [3.8, 4) is 0 Å². The molecule has 1 amide bonds. The Balaban J connectivity index is 1.98. The van der Waals surface area contributed by atoms with Gasteiger partial charge in [-0.2, -0.15) is 0 Å². The molecule has 1 fully saturated rings. The minimum atomic E-state index is 0.152. The zero-order valence-corrected chi connectivity index (χ0v) is 9.64. The first-order valence-corrected chi connectivity index (χ1v) is 6.43. The zero-order chi connectivity index (χ0) is 10.7. The van der Waals surface area contributed by atoms with E-state index in [2.05, 4.69) is 11.4 Å². The van der Waals surface area contributed by atoms with Gasteiger partial charge < -0.3 is 5.32 Å². The summed E-state index contributed by atoms with van der Waals surface area (Å²) in [6.07, 6.45) is 4.84. The fraction of sp³-hybridized carbons (Fsp3) is 0.417. The van der Waals surface area contributed by atoms with E-state index in [1.807, 2.05) is 24.5 Å². The average Bonchev–Trinajstić information content (AvgIpc) is 3.02. The first-order valence-electron chi connectivity index (χ1n) is 5.21. The van der Waals surface area contributed by atoms with Crippen molar-refractivity contribution in [1.29, 1.82) is 0 Å². The molecule has 1 N–H and O–H groups in total. The van der Waals surface area contributed by atoms with Crippen LogP contribution in [0.15, 0.2) is 29.2 Å². The second-order valence-electron chi connectivity index (χ2n) is 3.83. The van der Waals surface area contributed by atoms with Gasteiger partial charge in [0, 0.05) is 10.9 Å². The summed E-state index contributed by atoms with van der Waals surface area (Å²) in [6, 6.07) is 8.54. The molecule has 0 radical (unpaired) electrons. The molecule has 1 aliphatic carbocycles. The van der Waals surface area contributed by atoms with Crippen molar-refractivity contribution in [3.05, 3.63) is 29.8 Å². The highest BCUT2D eigenvalue weighted by Gasteiger charge is 2.23. The number of thioether (sulfide) groups is 1. The van der Waals surface area contributed by atoms with Gasteiger partial charge in [0.1, 0.15) is 0 Å². The van der Waals surface area contributed by atoms with Gasteiger partial charge in [-0.1, -0.05) is 18.2 Å². The molecule has 3 heteroatoms. The minimum absolute atomic E-state index is 0.152. The van der Waals surface area contributed by atoms with E-state index in [-0.39, 0.29) is 5.91 Å². The first-order chi connectivity index (χ1) is 7.29. The molecular formula is C12H15NOS. The van der Waals surface area contributed by atoms with Crippen molar-refractivity contribution >= 4 is 17.7 Å². The van der Waals surface area contributed by atoms with Crippen molar-refractivity contribution in [2.24, 2.45) is 0 Å². The molecule has 0 bridgehead atoms. The Hall–Kier alpha value is -0.960. The fourth-order valence-electron chi connectivity index (χ4n) is 1.53. The maximum atomic E-state index is 11.6. The van der Waals surface area contributed by atoms with E-state index < -0.39 is 0 Å². The van der Waals surface area contributed by atoms with Crippen LogP contribution in [0.1, 0.15) is 18.4 Å². The number of benzene rings is 1. The third-order valence-electron chi connectivity index (χ3n) is 2.49. The van der Waals surface area contributed by atoms with Crippen molar-refractivity contribution in [2.45, 2.75) is 30.2 Å². The Bertz CT molecular complexity index is 360. The molecule has 2 nitrogen and oxygen atoms in total. The van der Waals surface area contributed by atoms with Gasteiger partial charge in [0.2, 0.25) is 5.91 Å². The molecule has 0 atom stereocenters. The number of amides is 1. The van der Waals surface area contributed by atoms with Crippen molar-refractivity contribution in [1.82, 2.24) is 5.32 Å². The summed E-state index contributed by atoms with van der Waals surface area (Å²) >= 11 is 1.69. The van der Waals surface area contributed by atoms with Crippen LogP contribution in [0, 0.1) is 0 Å². The van der Waals surface area contributed by atoms with Crippen LogP contribution in [-0.2, 0) is 11.2 Å². The van der Waals surface area contributed by atoms with Crippen LogP contribution in [0.4, 0.5) is 0 Å². The predicted molar refractivity (Wildman–Crippen MR) is 63.1 cm³/mol. The molecule has 0 heterocycles. The number of hydrogen-bond donors (Lipinski definition) is 1. The quantitative estimate of drug-likeness (QED) is 0.790. The molecule has 0 unspecified atom stereocenters. The maximum absolute atomic E-state index is 11.6. The minimum Gasteiger partial charge on any atom is -0.353 e. The predicted octanol–water partition coefficient (Wildman–Crippen LogP) is 2.23. The smallest absolute Gasteiger partial charge is 0.224 e. The largest absolute Gasteiger partial charge is 0.353 e. The number of hydrogen-bond acceptors (Lipinski definition) is 2. The van der Waals surface area contributed by atoms with Crippen LogP contribution in [0.2, 0.25) is 0 Å². The third-order valence-corrected chi connectivity index (χ3v) is 3.32. The fourth-order valence-corrected chi connectivity index (χ4v) is 2.15. The lowest BCUT2D eigenvalue weighted by Crippen LogP contribution is -2.27. The SMILES string of the molecule is CSc1ccccc1CC(=O)NC1CC1. The normalized spacial score (nSPS) is 15.0. The van der Waals surface area contributed by atoms with E-state index in [0.29, 0.717) is 12.5 Å². The van der Waals surface area contributed by atoms with E-state index in [9.17, 15) is 4.79 Å². The summed E-state index contributed by atoms with van der Waals surface area (Å²) in [5.41, 5.74) is 1.13. The molecule has 0 aromatic heterocycles. The van der Waals surface area contributed by atoms with Gasteiger partial charge in [0.15, 0.2) is 0 Å². The summed E-state index contributed by atoms with van der Waals surface area (Å²) < 4.78 is 0. The number of rotatable bonds is 4. The highest BCUT2D eigenvalue weighted by molar-refractivity contribution is 7.98. The van der Waals surface area contributed by atoms with Crippen LogP contribution in [0.25, 0.3) is 0 Å². The molecule has 80 valence electrons. The van der Waals surface area contributed by atoms with Crippen LogP contribution in [0.3, 0.4) is 0 Å². The number of carbonyl (C=O) groups is 1. The number of carbonyl (C=O) groups excluding carboxylic acids is 1. The molecule has 0 spiro atoms.